The third-order valence-electron chi connectivity index (χ3n) is 8.03. The molecular formula is C27H37F3N2O6. The molecule has 2 amide bonds. The van der Waals surface area contributed by atoms with Crippen LogP contribution in [0.1, 0.15) is 50.5 Å². The Morgan fingerprint density at radius 3 is 2.42 bits per heavy atom. The van der Waals surface area contributed by atoms with E-state index in [1.165, 1.54) is 12.0 Å². The van der Waals surface area contributed by atoms with Crippen LogP contribution in [0, 0.1) is 5.92 Å². The second-order valence-corrected chi connectivity index (χ2v) is 10.5. The van der Waals surface area contributed by atoms with Gasteiger partial charge in [0.15, 0.2) is 0 Å². The number of carbonyl (C=O) groups is 2. The van der Waals surface area contributed by atoms with Crippen LogP contribution in [0.5, 0.6) is 5.75 Å². The predicted molar refractivity (Wildman–Crippen MR) is 132 cm³/mol. The van der Waals surface area contributed by atoms with Gasteiger partial charge in [-0.05, 0) is 49.8 Å². The van der Waals surface area contributed by atoms with Crippen molar-refractivity contribution in [3.63, 3.8) is 0 Å². The molecule has 212 valence electrons. The molecule has 2 saturated heterocycles. The van der Waals surface area contributed by atoms with E-state index in [1.807, 2.05) is 11.9 Å². The van der Waals surface area contributed by atoms with Gasteiger partial charge in [-0.25, -0.2) is 4.79 Å². The van der Waals surface area contributed by atoms with Crippen molar-refractivity contribution in [3.8, 4) is 5.75 Å². The Kier molecular flexibility index (Phi) is 9.07. The maximum atomic E-state index is 13.6. The average molecular weight is 543 g/mol. The van der Waals surface area contributed by atoms with Gasteiger partial charge in [-0.1, -0.05) is 25.0 Å². The summed E-state index contributed by atoms with van der Waals surface area (Å²) >= 11 is 0. The summed E-state index contributed by atoms with van der Waals surface area (Å²) in [6.07, 6.45) is -2.47. The van der Waals surface area contributed by atoms with Gasteiger partial charge in [0.2, 0.25) is 12.0 Å². The van der Waals surface area contributed by atoms with Crippen molar-refractivity contribution >= 4 is 12.0 Å². The van der Waals surface area contributed by atoms with Crippen molar-refractivity contribution < 1.29 is 41.7 Å². The van der Waals surface area contributed by atoms with Crippen LogP contribution in [-0.4, -0.2) is 86.2 Å². The Bertz CT molecular complexity index is 943. The molecular weight excluding hydrogens is 505 g/mol. The SMILES string of the molecule is COc1ccc(COC[C@@H](OC(=O)N2CCC3(CC2)C[C@@H](N(C)C(=O)C2CCCC2)CO3)C(F)(F)F)cc1. The first-order valence-corrected chi connectivity index (χ1v) is 13.2. The normalized spacial score (nSPS) is 22.4. The summed E-state index contributed by atoms with van der Waals surface area (Å²) in [6, 6.07) is 6.72. The minimum atomic E-state index is -4.76. The molecule has 0 N–H and O–H groups in total. The third-order valence-corrected chi connectivity index (χ3v) is 8.03. The van der Waals surface area contributed by atoms with E-state index < -0.39 is 30.6 Å². The lowest BCUT2D eigenvalue weighted by molar-refractivity contribution is -0.220. The number of carbonyl (C=O) groups excluding carboxylic acids is 2. The highest BCUT2D eigenvalue weighted by molar-refractivity contribution is 5.79. The first-order valence-electron chi connectivity index (χ1n) is 13.2. The zero-order chi connectivity index (χ0) is 27.3. The standard InChI is InChI=1S/C27H37F3N2O6/c1-31(24(33)20-5-3-4-6-20)21-15-26(37-17-21)11-13-32(14-12-26)25(34)38-23(27(28,29)30)18-36-16-19-7-9-22(35-2)10-8-19/h7-10,20-21,23H,3-6,11-18H2,1-2H3/t21-,23-/m1/s1. The van der Waals surface area contributed by atoms with Crippen molar-refractivity contribution in [1.82, 2.24) is 9.80 Å². The van der Waals surface area contributed by atoms with Crippen LogP contribution >= 0.6 is 0 Å². The van der Waals surface area contributed by atoms with Crippen LogP contribution in [-0.2, 0) is 25.6 Å². The molecule has 3 aliphatic rings. The lowest BCUT2D eigenvalue weighted by Crippen LogP contribution is -2.49. The second kappa shape index (κ2) is 12.1. The lowest BCUT2D eigenvalue weighted by Gasteiger charge is -2.39. The molecule has 0 bridgehead atoms. The average Bonchev–Trinajstić information content (AvgIpc) is 3.58. The second-order valence-electron chi connectivity index (χ2n) is 10.5. The van der Waals surface area contributed by atoms with Gasteiger partial charge in [-0.15, -0.1) is 0 Å². The molecule has 38 heavy (non-hydrogen) atoms. The largest absolute Gasteiger partial charge is 0.497 e. The molecule has 2 aliphatic heterocycles. The van der Waals surface area contributed by atoms with Crippen LogP contribution in [0.2, 0.25) is 0 Å². The first kappa shape index (κ1) is 28.5. The Morgan fingerprint density at radius 1 is 1.16 bits per heavy atom. The number of likely N-dealkylation sites (tertiary alicyclic amines) is 1. The zero-order valence-corrected chi connectivity index (χ0v) is 22.0. The summed E-state index contributed by atoms with van der Waals surface area (Å²) in [6.45, 7) is 0.0229. The molecule has 3 fully saturated rings. The molecule has 0 unspecified atom stereocenters. The van der Waals surface area contributed by atoms with Gasteiger partial charge >= 0.3 is 12.3 Å². The number of benzene rings is 1. The molecule has 4 rings (SSSR count). The van der Waals surface area contributed by atoms with Crippen molar-refractivity contribution in [1.29, 1.82) is 0 Å². The summed E-state index contributed by atoms with van der Waals surface area (Å²) in [7, 11) is 3.35. The molecule has 0 radical (unpaired) electrons. The molecule has 0 aromatic heterocycles. The van der Waals surface area contributed by atoms with E-state index in [1.54, 1.807) is 24.3 Å². The molecule has 2 atom stereocenters. The Balaban J connectivity index is 1.24. The maximum Gasteiger partial charge on any atom is 0.427 e. The quantitative estimate of drug-likeness (QED) is 0.480. The van der Waals surface area contributed by atoms with Crippen LogP contribution < -0.4 is 4.74 Å². The predicted octanol–water partition coefficient (Wildman–Crippen LogP) is 4.55. The van der Waals surface area contributed by atoms with Crippen LogP contribution in [0.3, 0.4) is 0 Å². The number of halogens is 3. The van der Waals surface area contributed by atoms with E-state index in [0.717, 1.165) is 25.7 Å². The highest BCUT2D eigenvalue weighted by Crippen LogP contribution is 2.39. The van der Waals surface area contributed by atoms with E-state index in [2.05, 4.69) is 0 Å². The number of methoxy groups -OCH3 is 1. The van der Waals surface area contributed by atoms with Crippen molar-refractivity contribution in [2.24, 2.45) is 5.92 Å². The molecule has 8 nitrogen and oxygen atoms in total. The number of ether oxygens (including phenoxy) is 4. The minimum absolute atomic E-state index is 0.0286. The smallest absolute Gasteiger partial charge is 0.427 e. The summed E-state index contributed by atoms with van der Waals surface area (Å²) in [4.78, 5) is 28.5. The summed E-state index contributed by atoms with van der Waals surface area (Å²) in [5.74, 6) is 0.888. The fraction of sp³-hybridized carbons (Fsp3) is 0.704. The van der Waals surface area contributed by atoms with Crippen LogP contribution in [0.25, 0.3) is 0 Å². The minimum Gasteiger partial charge on any atom is -0.497 e. The summed E-state index contributed by atoms with van der Waals surface area (Å²) in [5.41, 5.74) is 0.196. The van der Waals surface area contributed by atoms with Gasteiger partial charge in [-0.2, -0.15) is 13.2 Å². The highest BCUT2D eigenvalue weighted by Gasteiger charge is 2.48. The van der Waals surface area contributed by atoms with E-state index in [4.69, 9.17) is 18.9 Å². The van der Waals surface area contributed by atoms with Crippen molar-refractivity contribution in [2.75, 3.05) is 40.5 Å². The monoisotopic (exact) mass is 542 g/mol. The summed E-state index contributed by atoms with van der Waals surface area (Å²) in [5, 5.41) is 0. The van der Waals surface area contributed by atoms with Gasteiger partial charge in [0, 0.05) is 26.1 Å². The molecule has 1 aromatic rings. The van der Waals surface area contributed by atoms with E-state index >= 15 is 0 Å². The Morgan fingerprint density at radius 2 is 1.82 bits per heavy atom. The lowest BCUT2D eigenvalue weighted by atomic mass is 9.87. The number of piperidine rings is 1. The molecule has 1 aliphatic carbocycles. The molecule has 11 heteroatoms. The molecule has 1 aromatic carbocycles. The van der Waals surface area contributed by atoms with Crippen LogP contribution in [0.4, 0.5) is 18.0 Å². The van der Waals surface area contributed by atoms with Gasteiger partial charge in [0.05, 0.1) is 38.6 Å². The molecule has 1 saturated carbocycles. The van der Waals surface area contributed by atoms with Gasteiger partial charge < -0.3 is 28.7 Å². The number of nitrogens with zero attached hydrogens (tertiary/aromatic N) is 2. The van der Waals surface area contributed by atoms with Gasteiger partial charge in [0.25, 0.3) is 0 Å². The Hall–Kier alpha value is -2.53. The zero-order valence-electron chi connectivity index (χ0n) is 22.0. The number of rotatable bonds is 8. The topological polar surface area (TPSA) is 77.5 Å². The van der Waals surface area contributed by atoms with E-state index in [0.29, 0.717) is 37.2 Å². The fourth-order valence-electron chi connectivity index (χ4n) is 5.55. The fourth-order valence-corrected chi connectivity index (χ4v) is 5.55. The number of likely N-dealkylation sites (N-methyl/N-ethyl adjacent to an activating group) is 1. The maximum absolute atomic E-state index is 13.6. The van der Waals surface area contributed by atoms with Gasteiger partial charge in [-0.3, -0.25) is 4.79 Å². The van der Waals surface area contributed by atoms with E-state index in [-0.39, 0.29) is 37.6 Å². The number of alkyl halides is 3. The van der Waals surface area contributed by atoms with Crippen LogP contribution in [0.15, 0.2) is 24.3 Å². The number of hydrogen-bond donors (Lipinski definition) is 0. The van der Waals surface area contributed by atoms with Gasteiger partial charge in [0.1, 0.15) is 5.75 Å². The van der Waals surface area contributed by atoms with Crippen molar-refractivity contribution in [2.45, 2.75) is 75.5 Å². The molecule has 2 heterocycles. The van der Waals surface area contributed by atoms with E-state index in [9.17, 15) is 22.8 Å². The number of amides is 2. The first-order chi connectivity index (χ1) is 18.1. The molecule has 1 spiro atoms. The van der Waals surface area contributed by atoms with Crippen molar-refractivity contribution in [3.05, 3.63) is 29.8 Å². The highest BCUT2D eigenvalue weighted by atomic mass is 19.4. The number of hydrogen-bond acceptors (Lipinski definition) is 6. The third kappa shape index (κ3) is 6.91. The Labute approximate surface area is 221 Å². The summed E-state index contributed by atoms with van der Waals surface area (Å²) < 4.78 is 61.9.